The van der Waals surface area contributed by atoms with Crippen molar-refractivity contribution in [1.29, 1.82) is 0 Å². The Balaban J connectivity index is 3.13. The van der Waals surface area contributed by atoms with Gasteiger partial charge in [-0.15, -0.1) is 0 Å². The Kier molecular flexibility index (Phi) is 5.56. The van der Waals surface area contributed by atoms with Gasteiger partial charge in [-0.3, -0.25) is 4.79 Å². The van der Waals surface area contributed by atoms with Crippen molar-refractivity contribution in [3.8, 4) is 0 Å². The zero-order valence-corrected chi connectivity index (χ0v) is 13.4. The van der Waals surface area contributed by atoms with E-state index in [9.17, 15) is 18.0 Å². The van der Waals surface area contributed by atoms with Gasteiger partial charge in [-0.25, -0.2) is 0 Å². The summed E-state index contributed by atoms with van der Waals surface area (Å²) < 4.78 is 38.1. The lowest BCUT2D eigenvalue weighted by atomic mass is 9.95. The van der Waals surface area contributed by atoms with Crippen LogP contribution in [0.3, 0.4) is 0 Å². The smallest absolute Gasteiger partial charge is 0.329 e. The van der Waals surface area contributed by atoms with Crippen LogP contribution in [0.15, 0.2) is 18.2 Å². The molecule has 0 aliphatic heterocycles. The number of hydrogen-bond donors (Lipinski definition) is 0. The average molecular weight is 342 g/mol. The van der Waals surface area contributed by atoms with E-state index in [4.69, 9.17) is 23.2 Å². The summed E-state index contributed by atoms with van der Waals surface area (Å²) >= 11 is 11.7. The van der Waals surface area contributed by atoms with E-state index in [0.29, 0.717) is 0 Å². The number of rotatable bonds is 3. The second-order valence-corrected chi connectivity index (χ2v) is 6.72. The standard InChI is InChI=1S/C14H16Cl2F3NO/c1-13(2,3)7-20(8-14(17,18)19)12(21)9-5-4-6-10(15)11(9)16/h4-6H,7-8H2,1-3H3. The molecule has 0 spiro atoms. The van der Waals surface area contributed by atoms with E-state index in [1.807, 2.05) is 0 Å². The first-order chi connectivity index (χ1) is 9.41. The van der Waals surface area contributed by atoms with Crippen molar-refractivity contribution >= 4 is 29.1 Å². The predicted octanol–water partition coefficient (Wildman–Crippen LogP) is 5.04. The summed E-state index contributed by atoms with van der Waals surface area (Å²) in [5, 5.41) is 0.0930. The minimum atomic E-state index is -4.48. The Bertz CT molecular complexity index is 508. The third-order valence-corrected chi connectivity index (χ3v) is 3.32. The van der Waals surface area contributed by atoms with Gasteiger partial charge in [0.05, 0.1) is 15.6 Å². The van der Waals surface area contributed by atoms with Gasteiger partial charge in [0, 0.05) is 6.54 Å². The second-order valence-electron chi connectivity index (χ2n) is 5.94. The minimum absolute atomic E-state index is 0.0299. The lowest BCUT2D eigenvalue weighted by Crippen LogP contribution is -2.43. The highest BCUT2D eigenvalue weighted by Gasteiger charge is 2.35. The van der Waals surface area contributed by atoms with Crippen LogP contribution in [0.25, 0.3) is 0 Å². The molecule has 1 rings (SSSR count). The maximum Gasteiger partial charge on any atom is 0.406 e. The van der Waals surface area contributed by atoms with Gasteiger partial charge in [0.15, 0.2) is 0 Å². The molecule has 0 unspecified atom stereocenters. The van der Waals surface area contributed by atoms with Gasteiger partial charge in [0.25, 0.3) is 5.91 Å². The first kappa shape index (κ1) is 18.1. The van der Waals surface area contributed by atoms with Gasteiger partial charge in [-0.1, -0.05) is 50.0 Å². The summed E-state index contributed by atoms with van der Waals surface area (Å²) in [4.78, 5) is 13.1. The van der Waals surface area contributed by atoms with E-state index < -0.39 is 24.0 Å². The van der Waals surface area contributed by atoms with Crippen molar-refractivity contribution in [2.45, 2.75) is 26.9 Å². The van der Waals surface area contributed by atoms with Crippen molar-refractivity contribution in [3.63, 3.8) is 0 Å². The molecule has 1 aromatic carbocycles. The minimum Gasteiger partial charge on any atom is -0.329 e. The number of amides is 1. The molecule has 0 saturated heterocycles. The molecule has 0 saturated carbocycles. The van der Waals surface area contributed by atoms with Crippen molar-refractivity contribution in [2.75, 3.05) is 13.1 Å². The molecule has 7 heteroatoms. The topological polar surface area (TPSA) is 20.3 Å². The highest BCUT2D eigenvalue weighted by atomic mass is 35.5. The monoisotopic (exact) mass is 341 g/mol. The van der Waals surface area contributed by atoms with E-state index in [2.05, 4.69) is 0 Å². The number of halogens is 5. The fraction of sp³-hybridized carbons (Fsp3) is 0.500. The maximum atomic E-state index is 12.7. The Morgan fingerprint density at radius 2 is 1.71 bits per heavy atom. The first-order valence-electron chi connectivity index (χ1n) is 6.21. The molecule has 0 radical (unpaired) electrons. The maximum absolute atomic E-state index is 12.7. The quantitative estimate of drug-likeness (QED) is 0.753. The first-order valence-corrected chi connectivity index (χ1v) is 6.96. The van der Waals surface area contributed by atoms with Gasteiger partial charge in [-0.05, 0) is 17.5 Å². The third-order valence-electron chi connectivity index (χ3n) is 2.50. The van der Waals surface area contributed by atoms with Gasteiger partial charge in [0.1, 0.15) is 6.54 Å². The molecule has 0 fully saturated rings. The number of carbonyl (C=O) groups is 1. The molecule has 0 bridgehead atoms. The van der Waals surface area contributed by atoms with Gasteiger partial charge < -0.3 is 4.90 Å². The molecular formula is C14H16Cl2F3NO. The molecule has 0 aliphatic rings. The zero-order chi connectivity index (χ0) is 16.4. The van der Waals surface area contributed by atoms with Gasteiger partial charge >= 0.3 is 6.18 Å². The van der Waals surface area contributed by atoms with Crippen LogP contribution in [0.2, 0.25) is 10.0 Å². The van der Waals surface area contributed by atoms with Crippen LogP contribution in [-0.4, -0.2) is 30.1 Å². The summed E-state index contributed by atoms with van der Waals surface area (Å²) in [5.74, 6) is -0.783. The molecule has 0 heterocycles. The molecule has 0 N–H and O–H groups in total. The zero-order valence-electron chi connectivity index (χ0n) is 11.9. The van der Waals surface area contributed by atoms with E-state index in [1.54, 1.807) is 20.8 Å². The second kappa shape index (κ2) is 6.44. The van der Waals surface area contributed by atoms with Gasteiger partial charge in [-0.2, -0.15) is 13.2 Å². The molecule has 0 aromatic heterocycles. The molecule has 21 heavy (non-hydrogen) atoms. The molecular weight excluding hydrogens is 326 g/mol. The highest BCUT2D eigenvalue weighted by Crippen LogP contribution is 2.29. The molecule has 0 aliphatic carbocycles. The van der Waals surface area contributed by atoms with Crippen LogP contribution < -0.4 is 0 Å². The lowest BCUT2D eigenvalue weighted by molar-refractivity contribution is -0.142. The Morgan fingerprint density at radius 3 is 2.19 bits per heavy atom. The summed E-state index contributed by atoms with van der Waals surface area (Å²) in [6.07, 6.45) is -4.48. The van der Waals surface area contributed by atoms with Crippen LogP contribution in [-0.2, 0) is 0 Å². The summed E-state index contributed by atoms with van der Waals surface area (Å²) in [6.45, 7) is 3.88. The fourth-order valence-electron chi connectivity index (χ4n) is 1.83. The van der Waals surface area contributed by atoms with Gasteiger partial charge in [0.2, 0.25) is 0 Å². The molecule has 1 aromatic rings. The van der Waals surface area contributed by atoms with Crippen LogP contribution >= 0.6 is 23.2 Å². The van der Waals surface area contributed by atoms with Crippen molar-refractivity contribution in [1.82, 2.24) is 4.90 Å². The van der Waals surface area contributed by atoms with Crippen LogP contribution in [0.1, 0.15) is 31.1 Å². The third kappa shape index (κ3) is 5.75. The largest absolute Gasteiger partial charge is 0.406 e. The normalized spacial score (nSPS) is 12.4. The molecule has 2 nitrogen and oxygen atoms in total. The number of nitrogens with zero attached hydrogens (tertiary/aromatic N) is 1. The van der Waals surface area contributed by atoms with Crippen LogP contribution in [0.4, 0.5) is 13.2 Å². The van der Waals surface area contributed by atoms with Crippen LogP contribution in [0, 0.1) is 5.41 Å². The number of alkyl halides is 3. The Hall–Kier alpha value is -0.940. The average Bonchev–Trinajstić information content (AvgIpc) is 2.27. The van der Waals surface area contributed by atoms with Crippen molar-refractivity contribution < 1.29 is 18.0 Å². The Morgan fingerprint density at radius 1 is 1.14 bits per heavy atom. The number of carbonyl (C=O) groups excluding carboxylic acids is 1. The van der Waals surface area contributed by atoms with Crippen molar-refractivity contribution in [3.05, 3.63) is 33.8 Å². The number of benzene rings is 1. The highest BCUT2D eigenvalue weighted by molar-refractivity contribution is 6.43. The predicted molar refractivity (Wildman–Crippen MR) is 77.9 cm³/mol. The SMILES string of the molecule is CC(C)(C)CN(CC(F)(F)F)C(=O)c1cccc(Cl)c1Cl. The van der Waals surface area contributed by atoms with E-state index >= 15 is 0 Å². The van der Waals surface area contributed by atoms with E-state index in [-0.39, 0.29) is 22.2 Å². The molecule has 0 atom stereocenters. The summed E-state index contributed by atoms with van der Waals surface area (Å²) in [5.41, 5.74) is -0.510. The van der Waals surface area contributed by atoms with E-state index in [0.717, 1.165) is 4.90 Å². The van der Waals surface area contributed by atoms with E-state index in [1.165, 1.54) is 18.2 Å². The lowest BCUT2D eigenvalue weighted by Gasteiger charge is -2.31. The fourth-order valence-corrected chi connectivity index (χ4v) is 2.21. The summed E-state index contributed by atoms with van der Waals surface area (Å²) in [7, 11) is 0. The van der Waals surface area contributed by atoms with Crippen molar-refractivity contribution in [2.24, 2.45) is 5.41 Å². The molecule has 1 amide bonds. The Labute approximate surface area is 131 Å². The summed E-state index contributed by atoms with van der Waals surface area (Å²) in [6, 6.07) is 4.31. The van der Waals surface area contributed by atoms with Crippen LogP contribution in [0.5, 0.6) is 0 Å². The number of hydrogen-bond acceptors (Lipinski definition) is 1. The molecule has 118 valence electrons.